The van der Waals surface area contributed by atoms with Crippen molar-refractivity contribution in [2.75, 3.05) is 0 Å². The van der Waals surface area contributed by atoms with Gasteiger partial charge in [-0.05, 0) is 170 Å². The van der Waals surface area contributed by atoms with Crippen molar-refractivity contribution in [3.8, 4) is 125 Å². The Labute approximate surface area is 818 Å². The summed E-state index contributed by atoms with van der Waals surface area (Å²) >= 11 is 1.86. The zero-order chi connectivity index (χ0) is 91.1. The molecule has 0 bridgehead atoms. The summed E-state index contributed by atoms with van der Waals surface area (Å²) in [5.41, 5.74) is 28.3. The quantitative estimate of drug-likeness (QED) is 0.112. The summed E-state index contributed by atoms with van der Waals surface area (Å²) in [5.74, 6) is 3.35. The van der Waals surface area contributed by atoms with Gasteiger partial charge in [-0.2, -0.15) is 0 Å². The molecule has 0 amide bonds. The SMILES string of the molecule is C.C.C.c1ccc(-c2cc(-c3ccccc3)nc(-c3ccc(-n4c5ccccc5c5cc6c(cc54)sc4ccccc46)cc3)n2)cc1.c1ccc(-c2cc(-c3ccccc3)nc(-c3ccc(-n4c5ccccc5c5cc6c7ccccc7n(-c7ccccc7)c6cc54)cc3)n2)cc1.c1ccc(-c2nc(-c3ccccc3)nc(-c3ccc(-n4c5ccccc5c5c6oc7ccccc7c6ccc54)cc3)n2)cc1. The monoisotopic (exact) mass is 1830 g/mol. The predicted octanol–water partition coefficient (Wildman–Crippen LogP) is 34.4. The maximum Gasteiger partial charge on any atom is 0.164 e. The van der Waals surface area contributed by atoms with Crippen molar-refractivity contribution >= 4 is 141 Å². The van der Waals surface area contributed by atoms with E-state index in [4.69, 9.17) is 39.3 Å². The van der Waals surface area contributed by atoms with Crippen LogP contribution in [0.3, 0.4) is 0 Å². The molecule has 12 nitrogen and oxygen atoms in total. The summed E-state index contributed by atoms with van der Waals surface area (Å²) < 4.78 is 18.5. The standard InChI is InChI=1S/C46H30N4.C40H25N3S.C39H24N4O.3CH4/c1-4-14-31(15-5-1)40-29-41(32-16-6-2-7-17-32)48-46(47-40)33-24-26-35(27-25-33)50-43-23-13-11-21-37(43)39-28-38-36-20-10-12-22-42(36)49(44(38)30-45(39)50)34-18-8-3-9-19-34;1-3-11-26(12-4-1)34-24-35(27-13-5-2-6-14-27)42-40(41-34)28-19-21-29(22-20-28)43-36-17-9-7-15-30(36)32-23-33-31-16-8-10-18-38(31)44-39(33)25-37(32)43;1-3-11-25(12-4-1)37-40-38(26-13-5-2-6-14-26)42-39(41-37)27-19-21-28(22-20-27)43-32-17-9-7-16-31(32)35-33(43)24-23-30-29-15-8-10-18-34(29)44-36(30)35;;;/h1-30H;1-25H;1-24H;3*1H4. The van der Waals surface area contributed by atoms with Crippen LogP contribution in [0.15, 0.2) is 484 Å². The predicted molar refractivity (Wildman–Crippen MR) is 591 cm³/mol. The van der Waals surface area contributed by atoms with Crippen LogP contribution < -0.4 is 0 Å². The van der Waals surface area contributed by atoms with Gasteiger partial charge in [0.05, 0.1) is 72.3 Å². The fourth-order valence-electron chi connectivity index (χ4n) is 19.9. The van der Waals surface area contributed by atoms with Crippen LogP contribution in [0, 0.1) is 0 Å². The van der Waals surface area contributed by atoms with E-state index in [1.54, 1.807) is 0 Å². The first kappa shape index (κ1) is 86.7. The first-order chi connectivity index (χ1) is 68.4. The Morgan fingerprint density at radius 1 is 0.170 bits per heavy atom. The molecule has 28 aromatic rings. The van der Waals surface area contributed by atoms with Gasteiger partial charge in [0.1, 0.15) is 11.2 Å². The van der Waals surface area contributed by atoms with Crippen LogP contribution in [0.1, 0.15) is 22.3 Å². The smallest absolute Gasteiger partial charge is 0.164 e. The van der Waals surface area contributed by atoms with E-state index in [1.807, 2.05) is 157 Å². The minimum absolute atomic E-state index is 0. The topological polar surface area (TPSA) is 123 Å². The molecule has 28 rings (SSSR count). The van der Waals surface area contributed by atoms with Gasteiger partial charge in [0, 0.05) is 141 Å². The molecule has 0 saturated carbocycles. The van der Waals surface area contributed by atoms with Gasteiger partial charge in [-0.3, -0.25) is 0 Å². The Kier molecular flexibility index (Phi) is 22.5. The van der Waals surface area contributed by atoms with Crippen molar-refractivity contribution < 1.29 is 4.42 Å². The van der Waals surface area contributed by atoms with E-state index in [0.29, 0.717) is 29.1 Å². The highest BCUT2D eigenvalue weighted by atomic mass is 32.1. The number of thiophene rings is 1. The molecule has 9 aromatic heterocycles. The molecule has 0 radical (unpaired) electrons. The van der Waals surface area contributed by atoms with E-state index in [2.05, 4.69) is 352 Å². The summed E-state index contributed by atoms with van der Waals surface area (Å²) in [4.78, 5) is 34.8. The number of aromatic nitrogens is 11. The van der Waals surface area contributed by atoms with Crippen molar-refractivity contribution in [1.82, 2.24) is 53.2 Å². The summed E-state index contributed by atoms with van der Waals surface area (Å²) in [7, 11) is 0. The number of benzene rings is 19. The first-order valence-electron chi connectivity index (χ1n) is 46.3. The Hall–Kier alpha value is -18.4. The molecule has 0 aliphatic rings. The van der Waals surface area contributed by atoms with E-state index >= 15 is 0 Å². The highest BCUT2D eigenvalue weighted by molar-refractivity contribution is 7.25. The van der Waals surface area contributed by atoms with Crippen LogP contribution in [0.2, 0.25) is 0 Å². The largest absolute Gasteiger partial charge is 0.455 e. The fourth-order valence-corrected chi connectivity index (χ4v) is 21.1. The zero-order valence-electron chi connectivity index (χ0n) is 74.3. The van der Waals surface area contributed by atoms with Crippen molar-refractivity contribution in [1.29, 1.82) is 0 Å². The molecule has 0 atom stereocenters. The number of hydrogen-bond donors (Lipinski definition) is 0. The summed E-state index contributed by atoms with van der Waals surface area (Å²) in [6.07, 6.45) is 0. The molecule has 9 heterocycles. The Morgan fingerprint density at radius 3 is 0.865 bits per heavy atom. The Bertz CT molecular complexity index is 9180. The van der Waals surface area contributed by atoms with E-state index in [-0.39, 0.29) is 22.3 Å². The van der Waals surface area contributed by atoms with Gasteiger partial charge < -0.3 is 22.7 Å². The van der Waals surface area contributed by atoms with Gasteiger partial charge in [0.2, 0.25) is 0 Å². The van der Waals surface area contributed by atoms with E-state index in [9.17, 15) is 0 Å². The second-order valence-electron chi connectivity index (χ2n) is 34.6. The van der Waals surface area contributed by atoms with Gasteiger partial charge in [0.15, 0.2) is 29.1 Å². The number of hydrogen-bond acceptors (Lipinski definition) is 9. The van der Waals surface area contributed by atoms with Crippen LogP contribution in [0.4, 0.5) is 0 Å². The lowest BCUT2D eigenvalue weighted by Gasteiger charge is -2.12. The maximum absolute atomic E-state index is 6.46. The molecule has 0 aliphatic carbocycles. The molecule has 0 spiro atoms. The Morgan fingerprint density at radius 2 is 0.461 bits per heavy atom. The number of nitrogens with zero attached hydrogens (tertiary/aromatic N) is 11. The molecule has 670 valence electrons. The molecule has 0 saturated heterocycles. The van der Waals surface area contributed by atoms with Gasteiger partial charge in [-0.1, -0.05) is 332 Å². The molecule has 141 heavy (non-hydrogen) atoms. The average molecular weight is 1830 g/mol. The van der Waals surface area contributed by atoms with Gasteiger partial charge in [0.25, 0.3) is 0 Å². The van der Waals surface area contributed by atoms with E-state index in [1.165, 1.54) is 85.6 Å². The van der Waals surface area contributed by atoms with Gasteiger partial charge in [-0.25, -0.2) is 34.9 Å². The van der Waals surface area contributed by atoms with Crippen molar-refractivity contribution in [3.63, 3.8) is 0 Å². The lowest BCUT2D eigenvalue weighted by atomic mass is 10.1. The van der Waals surface area contributed by atoms with Gasteiger partial charge >= 0.3 is 0 Å². The van der Waals surface area contributed by atoms with Crippen LogP contribution in [-0.2, 0) is 0 Å². The average Bonchev–Trinajstić information content (AvgIpc) is 1.54. The second-order valence-corrected chi connectivity index (χ2v) is 35.7. The molecule has 0 unspecified atom stereocenters. The van der Waals surface area contributed by atoms with E-state index in [0.717, 1.165) is 139 Å². The molecular formula is C128H91N11OS. The van der Waals surface area contributed by atoms with Crippen LogP contribution in [0.5, 0.6) is 0 Å². The fraction of sp³-hybridized carbons (Fsp3) is 0.0234. The zero-order valence-corrected chi connectivity index (χ0v) is 75.2. The number of fused-ring (bicyclic) bond motifs is 19. The third-order valence-corrected chi connectivity index (χ3v) is 27.5. The van der Waals surface area contributed by atoms with Crippen LogP contribution in [-0.4, -0.2) is 53.2 Å². The molecule has 0 N–H and O–H groups in total. The van der Waals surface area contributed by atoms with Gasteiger partial charge in [-0.15, -0.1) is 11.3 Å². The van der Waals surface area contributed by atoms with E-state index < -0.39 is 0 Å². The first-order valence-corrected chi connectivity index (χ1v) is 47.1. The second kappa shape index (κ2) is 36.7. The Balaban J connectivity index is 0.000000117. The van der Waals surface area contributed by atoms with Crippen molar-refractivity contribution in [2.24, 2.45) is 0 Å². The van der Waals surface area contributed by atoms with Crippen LogP contribution >= 0.6 is 11.3 Å². The summed E-state index contributed by atoms with van der Waals surface area (Å²) in [6, 6.07) is 167. The number of rotatable bonds is 13. The normalized spacial score (nSPS) is 11.4. The maximum atomic E-state index is 6.46. The van der Waals surface area contributed by atoms with Crippen molar-refractivity contribution in [3.05, 3.63) is 479 Å². The van der Waals surface area contributed by atoms with Crippen molar-refractivity contribution in [2.45, 2.75) is 22.3 Å². The number of furan rings is 1. The summed E-state index contributed by atoms with van der Waals surface area (Å²) in [6.45, 7) is 0. The highest BCUT2D eigenvalue weighted by Gasteiger charge is 2.25. The minimum atomic E-state index is 0. The van der Waals surface area contributed by atoms with Crippen LogP contribution in [0.25, 0.3) is 254 Å². The minimum Gasteiger partial charge on any atom is -0.455 e. The molecule has 19 aromatic carbocycles. The highest BCUT2D eigenvalue weighted by Crippen LogP contribution is 2.46. The number of para-hydroxylation sites is 6. The lowest BCUT2D eigenvalue weighted by Crippen LogP contribution is -2.00. The molecule has 0 fully saturated rings. The summed E-state index contributed by atoms with van der Waals surface area (Å²) in [5, 5.41) is 14.7. The molecule has 0 aliphatic heterocycles. The third kappa shape index (κ3) is 15.5. The third-order valence-electron chi connectivity index (χ3n) is 26.4. The molecular weight excluding hydrogens is 1740 g/mol. The molecule has 13 heteroatoms. The lowest BCUT2D eigenvalue weighted by molar-refractivity contribution is 0.673.